The van der Waals surface area contributed by atoms with Crippen molar-refractivity contribution in [1.82, 2.24) is 4.57 Å². The molecule has 0 saturated heterocycles. The number of rotatable bonds is 5. The molecular weight excluding hydrogens is 372 g/mol. The maximum Gasteiger partial charge on any atom is 0.340 e. The maximum absolute atomic E-state index is 12.3. The lowest BCUT2D eigenvalue weighted by molar-refractivity contribution is -0.119. The SMILES string of the molecule is CCn1c(C)cc(C(=O)OCC(=O)Nc2ccc3c(c2)OC2(CCCC2)O3)c1C. The van der Waals surface area contributed by atoms with Crippen LogP contribution in [-0.2, 0) is 16.1 Å². The molecule has 0 bridgehead atoms. The van der Waals surface area contributed by atoms with E-state index in [1.165, 1.54) is 0 Å². The number of fused-ring (bicyclic) bond motifs is 1. The Balaban J connectivity index is 1.34. The predicted molar refractivity (Wildman–Crippen MR) is 107 cm³/mol. The Morgan fingerprint density at radius 2 is 1.86 bits per heavy atom. The first-order valence-corrected chi connectivity index (χ1v) is 10.1. The molecule has 1 fully saturated rings. The van der Waals surface area contributed by atoms with Gasteiger partial charge in [0.25, 0.3) is 11.7 Å². The summed E-state index contributed by atoms with van der Waals surface area (Å²) in [6.07, 6.45) is 3.92. The number of aromatic nitrogens is 1. The Morgan fingerprint density at radius 1 is 1.14 bits per heavy atom. The lowest BCUT2D eigenvalue weighted by Crippen LogP contribution is -2.34. The first kappa shape index (κ1) is 19.4. The fraction of sp³-hybridized carbons (Fsp3) is 0.455. The van der Waals surface area contributed by atoms with Crippen molar-refractivity contribution in [1.29, 1.82) is 0 Å². The summed E-state index contributed by atoms with van der Waals surface area (Å²) < 4.78 is 19.2. The zero-order valence-corrected chi connectivity index (χ0v) is 17.0. The number of carbonyl (C=O) groups excluding carboxylic acids is 2. The molecule has 0 atom stereocenters. The highest BCUT2D eigenvalue weighted by molar-refractivity contribution is 5.96. The van der Waals surface area contributed by atoms with Crippen LogP contribution < -0.4 is 14.8 Å². The number of carbonyl (C=O) groups is 2. The lowest BCUT2D eigenvalue weighted by Gasteiger charge is -2.21. The quantitative estimate of drug-likeness (QED) is 0.771. The average Bonchev–Trinajstić information content (AvgIpc) is 3.37. The third-order valence-electron chi connectivity index (χ3n) is 5.63. The summed E-state index contributed by atoms with van der Waals surface area (Å²) in [7, 11) is 0. The fourth-order valence-corrected chi connectivity index (χ4v) is 4.19. The Kier molecular flexibility index (Phi) is 4.98. The average molecular weight is 398 g/mol. The van der Waals surface area contributed by atoms with Gasteiger partial charge in [0.15, 0.2) is 18.1 Å². The minimum Gasteiger partial charge on any atom is -0.452 e. The van der Waals surface area contributed by atoms with Crippen molar-refractivity contribution in [2.75, 3.05) is 11.9 Å². The summed E-state index contributed by atoms with van der Waals surface area (Å²) in [5.74, 6) is -0.110. The van der Waals surface area contributed by atoms with Crippen molar-refractivity contribution < 1.29 is 23.8 Å². The topological polar surface area (TPSA) is 78.8 Å². The summed E-state index contributed by atoms with van der Waals surface area (Å²) in [6.45, 7) is 6.25. The van der Waals surface area contributed by atoms with Gasteiger partial charge < -0.3 is 24.1 Å². The van der Waals surface area contributed by atoms with Crippen LogP contribution in [0.25, 0.3) is 0 Å². The first-order chi connectivity index (χ1) is 13.9. The summed E-state index contributed by atoms with van der Waals surface area (Å²) in [5.41, 5.74) is 2.89. The second kappa shape index (κ2) is 7.46. The standard InChI is InChI=1S/C22H26N2O5/c1-4-24-14(2)11-17(15(24)3)21(26)27-13-20(25)23-16-7-8-18-19(12-16)29-22(28-18)9-5-6-10-22/h7-8,11-12H,4-6,9-10,13H2,1-3H3,(H,23,25). The van der Waals surface area contributed by atoms with Crippen molar-refractivity contribution in [3.8, 4) is 11.5 Å². The predicted octanol–water partition coefficient (Wildman–Crippen LogP) is 3.96. The second-order valence-corrected chi connectivity index (χ2v) is 7.64. The molecule has 0 radical (unpaired) electrons. The Hall–Kier alpha value is -2.96. The zero-order chi connectivity index (χ0) is 20.6. The van der Waals surface area contributed by atoms with E-state index in [2.05, 4.69) is 5.32 Å². The van der Waals surface area contributed by atoms with Gasteiger partial charge in [-0.2, -0.15) is 0 Å². The Bertz CT molecular complexity index is 956. The van der Waals surface area contributed by atoms with Gasteiger partial charge in [-0.3, -0.25) is 4.79 Å². The van der Waals surface area contributed by atoms with Crippen molar-refractivity contribution in [2.45, 2.75) is 58.8 Å². The summed E-state index contributed by atoms with van der Waals surface area (Å²) in [6, 6.07) is 7.08. The molecule has 4 rings (SSSR count). The zero-order valence-electron chi connectivity index (χ0n) is 17.0. The minimum atomic E-state index is -0.536. The molecule has 2 aromatic rings. The number of hydrogen-bond donors (Lipinski definition) is 1. The van der Waals surface area contributed by atoms with Crippen LogP contribution in [-0.4, -0.2) is 28.8 Å². The summed E-state index contributed by atoms with van der Waals surface area (Å²) >= 11 is 0. The van der Waals surface area contributed by atoms with Crippen molar-refractivity contribution in [2.24, 2.45) is 0 Å². The van der Waals surface area contributed by atoms with E-state index in [1.54, 1.807) is 24.3 Å². The molecule has 2 aliphatic rings. The molecular formula is C22H26N2O5. The van der Waals surface area contributed by atoms with E-state index in [0.29, 0.717) is 22.7 Å². The van der Waals surface area contributed by atoms with Gasteiger partial charge in [-0.1, -0.05) is 0 Å². The van der Waals surface area contributed by atoms with Crippen molar-refractivity contribution in [3.63, 3.8) is 0 Å². The molecule has 0 unspecified atom stereocenters. The van der Waals surface area contributed by atoms with Crippen LogP contribution in [0.3, 0.4) is 0 Å². The molecule has 1 aromatic heterocycles. The van der Waals surface area contributed by atoms with Crippen LogP contribution >= 0.6 is 0 Å². The van der Waals surface area contributed by atoms with E-state index in [1.807, 2.05) is 25.3 Å². The minimum absolute atomic E-state index is 0.354. The largest absolute Gasteiger partial charge is 0.452 e. The molecule has 154 valence electrons. The van der Waals surface area contributed by atoms with E-state index in [0.717, 1.165) is 43.6 Å². The molecule has 1 spiro atoms. The second-order valence-electron chi connectivity index (χ2n) is 7.64. The molecule has 7 nitrogen and oxygen atoms in total. The number of anilines is 1. The molecule has 1 saturated carbocycles. The monoisotopic (exact) mass is 398 g/mol. The fourth-order valence-electron chi connectivity index (χ4n) is 4.19. The third kappa shape index (κ3) is 3.69. The van der Waals surface area contributed by atoms with E-state index in [-0.39, 0.29) is 6.61 Å². The highest BCUT2D eigenvalue weighted by atomic mass is 16.7. The van der Waals surface area contributed by atoms with Gasteiger partial charge >= 0.3 is 5.97 Å². The van der Waals surface area contributed by atoms with Crippen molar-refractivity contribution in [3.05, 3.63) is 41.2 Å². The van der Waals surface area contributed by atoms with Crippen LogP contribution in [0, 0.1) is 13.8 Å². The lowest BCUT2D eigenvalue weighted by atomic mass is 10.2. The van der Waals surface area contributed by atoms with Gasteiger partial charge in [0.2, 0.25) is 0 Å². The molecule has 1 amide bonds. The number of aryl methyl sites for hydroxylation is 1. The normalized spacial score (nSPS) is 16.2. The molecule has 1 aliphatic carbocycles. The number of benzene rings is 1. The number of amides is 1. The molecule has 1 aliphatic heterocycles. The molecule has 1 aromatic carbocycles. The number of nitrogens with one attached hydrogen (secondary N) is 1. The van der Waals surface area contributed by atoms with Gasteiger partial charge in [0.05, 0.1) is 5.56 Å². The maximum atomic E-state index is 12.3. The summed E-state index contributed by atoms with van der Waals surface area (Å²) in [5, 5.41) is 2.74. The van der Waals surface area contributed by atoms with Gasteiger partial charge in [-0.05, 0) is 51.8 Å². The van der Waals surface area contributed by atoms with Gasteiger partial charge in [0.1, 0.15) is 0 Å². The van der Waals surface area contributed by atoms with Gasteiger partial charge in [0, 0.05) is 42.5 Å². The van der Waals surface area contributed by atoms with E-state index in [4.69, 9.17) is 14.2 Å². The number of hydrogen-bond acceptors (Lipinski definition) is 5. The number of esters is 1. The van der Waals surface area contributed by atoms with Gasteiger partial charge in [-0.15, -0.1) is 0 Å². The van der Waals surface area contributed by atoms with E-state index < -0.39 is 17.7 Å². The van der Waals surface area contributed by atoms with Crippen LogP contribution in [0.15, 0.2) is 24.3 Å². The third-order valence-corrected chi connectivity index (χ3v) is 5.63. The molecule has 1 N–H and O–H groups in total. The van der Waals surface area contributed by atoms with Gasteiger partial charge in [-0.25, -0.2) is 4.79 Å². The Morgan fingerprint density at radius 3 is 2.55 bits per heavy atom. The number of nitrogens with zero attached hydrogens (tertiary/aromatic N) is 1. The molecule has 7 heteroatoms. The highest BCUT2D eigenvalue weighted by Gasteiger charge is 2.44. The number of ether oxygens (including phenoxy) is 3. The van der Waals surface area contributed by atoms with Crippen LogP contribution in [0.2, 0.25) is 0 Å². The van der Waals surface area contributed by atoms with Crippen LogP contribution in [0.1, 0.15) is 54.4 Å². The molecule has 29 heavy (non-hydrogen) atoms. The molecule has 2 heterocycles. The smallest absolute Gasteiger partial charge is 0.340 e. The first-order valence-electron chi connectivity index (χ1n) is 10.1. The summed E-state index contributed by atoms with van der Waals surface area (Å²) in [4.78, 5) is 24.6. The van der Waals surface area contributed by atoms with Crippen LogP contribution in [0.4, 0.5) is 5.69 Å². The van der Waals surface area contributed by atoms with E-state index in [9.17, 15) is 9.59 Å². The Labute approximate surface area is 169 Å². The van der Waals surface area contributed by atoms with Crippen molar-refractivity contribution >= 4 is 17.6 Å². The van der Waals surface area contributed by atoms with E-state index >= 15 is 0 Å². The highest BCUT2D eigenvalue weighted by Crippen LogP contribution is 2.47. The van der Waals surface area contributed by atoms with Crippen LogP contribution in [0.5, 0.6) is 11.5 Å².